The first-order valence-electron chi connectivity index (χ1n) is 6.97. The van der Waals surface area contributed by atoms with Crippen LogP contribution in [0.2, 0.25) is 0 Å². The molecule has 1 N–H and O–H groups in total. The molecule has 0 bridgehead atoms. The van der Waals surface area contributed by atoms with E-state index in [2.05, 4.69) is 0 Å². The van der Waals surface area contributed by atoms with Crippen LogP contribution in [0.3, 0.4) is 0 Å². The van der Waals surface area contributed by atoms with E-state index in [-0.39, 0.29) is 6.10 Å². The van der Waals surface area contributed by atoms with Gasteiger partial charge in [-0.15, -0.1) is 0 Å². The minimum Gasteiger partial charge on any atom is -0.508 e. The van der Waals surface area contributed by atoms with Gasteiger partial charge >= 0.3 is 0 Å². The molecule has 3 nitrogen and oxygen atoms in total. The van der Waals surface area contributed by atoms with Crippen LogP contribution in [0.5, 0.6) is 17.2 Å². The highest BCUT2D eigenvalue weighted by atomic mass is 16.5. The average molecular weight is 270 g/mol. The second kappa shape index (κ2) is 5.87. The van der Waals surface area contributed by atoms with Gasteiger partial charge in [-0.3, -0.25) is 0 Å². The number of phenols is 1. The summed E-state index contributed by atoms with van der Waals surface area (Å²) in [4.78, 5) is 0. The van der Waals surface area contributed by atoms with Gasteiger partial charge in [-0.2, -0.15) is 0 Å². The zero-order chi connectivity index (χ0) is 13.8. The van der Waals surface area contributed by atoms with Crippen molar-refractivity contribution in [2.24, 2.45) is 0 Å². The Balaban J connectivity index is 1.43. The van der Waals surface area contributed by atoms with Crippen molar-refractivity contribution in [1.29, 1.82) is 0 Å². The van der Waals surface area contributed by atoms with Crippen LogP contribution in [0.15, 0.2) is 48.5 Å². The molecule has 1 aliphatic heterocycles. The fraction of sp³-hybridized carbons (Fsp3) is 0.294. The van der Waals surface area contributed by atoms with Crippen molar-refractivity contribution in [1.82, 2.24) is 0 Å². The van der Waals surface area contributed by atoms with Crippen LogP contribution in [-0.4, -0.2) is 17.8 Å². The first-order valence-corrected chi connectivity index (χ1v) is 6.97. The van der Waals surface area contributed by atoms with Gasteiger partial charge in [-0.25, -0.2) is 0 Å². The van der Waals surface area contributed by atoms with E-state index in [0.29, 0.717) is 12.4 Å². The van der Waals surface area contributed by atoms with Crippen molar-refractivity contribution in [3.8, 4) is 17.2 Å². The molecule has 0 spiro atoms. The molecule has 2 aromatic carbocycles. The summed E-state index contributed by atoms with van der Waals surface area (Å²) in [6, 6.07) is 15.1. The lowest BCUT2D eigenvalue weighted by Crippen LogP contribution is -2.14. The first kappa shape index (κ1) is 12.9. The lowest BCUT2D eigenvalue weighted by atomic mass is 10.1. The minimum absolute atomic E-state index is 0.200. The number of fused-ring (bicyclic) bond motifs is 1. The molecule has 0 saturated heterocycles. The highest BCUT2D eigenvalue weighted by Gasteiger charge is 2.22. The zero-order valence-electron chi connectivity index (χ0n) is 11.3. The summed E-state index contributed by atoms with van der Waals surface area (Å²) in [6.45, 7) is 0.700. The molecule has 2 aromatic rings. The monoisotopic (exact) mass is 270 g/mol. The predicted molar refractivity (Wildman–Crippen MR) is 77.4 cm³/mol. The first-order chi connectivity index (χ1) is 9.81. The molecule has 3 rings (SSSR count). The van der Waals surface area contributed by atoms with Gasteiger partial charge in [-0.1, -0.05) is 18.2 Å². The summed E-state index contributed by atoms with van der Waals surface area (Å²) in [5, 5.41) is 9.45. The summed E-state index contributed by atoms with van der Waals surface area (Å²) in [6.07, 6.45) is 2.99. The van der Waals surface area contributed by atoms with E-state index >= 15 is 0 Å². The Labute approximate surface area is 118 Å². The number of phenolic OH excluding ortho intramolecular Hbond substituents is 1. The largest absolute Gasteiger partial charge is 0.508 e. The van der Waals surface area contributed by atoms with Crippen molar-refractivity contribution in [2.75, 3.05) is 6.61 Å². The Morgan fingerprint density at radius 2 is 2.00 bits per heavy atom. The van der Waals surface area contributed by atoms with E-state index in [1.54, 1.807) is 12.1 Å². The van der Waals surface area contributed by atoms with Gasteiger partial charge in [0.1, 0.15) is 23.4 Å². The molecule has 0 amide bonds. The topological polar surface area (TPSA) is 38.7 Å². The number of ether oxygens (including phenoxy) is 2. The van der Waals surface area contributed by atoms with Crippen molar-refractivity contribution in [3.05, 3.63) is 54.1 Å². The fourth-order valence-electron chi connectivity index (χ4n) is 2.49. The molecule has 1 unspecified atom stereocenters. The smallest absolute Gasteiger partial charge is 0.123 e. The number of rotatable bonds is 5. The van der Waals surface area contributed by atoms with Crippen molar-refractivity contribution in [2.45, 2.75) is 25.4 Å². The lowest BCUT2D eigenvalue weighted by molar-refractivity contribution is 0.201. The molecule has 1 atom stereocenters. The van der Waals surface area contributed by atoms with E-state index < -0.39 is 0 Å². The Hall–Kier alpha value is -2.16. The summed E-state index contributed by atoms with van der Waals surface area (Å²) < 4.78 is 11.5. The Kier molecular flexibility index (Phi) is 3.77. The molecule has 0 saturated carbocycles. The van der Waals surface area contributed by atoms with Crippen LogP contribution in [-0.2, 0) is 6.42 Å². The molecular weight excluding hydrogens is 252 g/mol. The quantitative estimate of drug-likeness (QED) is 0.844. The summed E-state index contributed by atoms with van der Waals surface area (Å²) in [7, 11) is 0. The van der Waals surface area contributed by atoms with Gasteiger partial charge in [0.15, 0.2) is 0 Å². The fourth-order valence-corrected chi connectivity index (χ4v) is 2.49. The Morgan fingerprint density at radius 3 is 2.85 bits per heavy atom. The maximum Gasteiger partial charge on any atom is 0.123 e. The van der Waals surface area contributed by atoms with E-state index in [1.807, 2.05) is 36.4 Å². The van der Waals surface area contributed by atoms with Gasteiger partial charge in [0.25, 0.3) is 0 Å². The minimum atomic E-state index is 0.200. The highest BCUT2D eigenvalue weighted by molar-refractivity contribution is 5.42. The van der Waals surface area contributed by atoms with Crippen LogP contribution in [0.1, 0.15) is 18.4 Å². The number of hydrogen-bond donors (Lipinski definition) is 1. The third-order valence-corrected chi connectivity index (χ3v) is 3.47. The molecule has 3 heteroatoms. The van der Waals surface area contributed by atoms with Gasteiger partial charge in [-0.05, 0) is 43.2 Å². The van der Waals surface area contributed by atoms with Crippen molar-refractivity contribution >= 4 is 0 Å². The zero-order valence-corrected chi connectivity index (χ0v) is 11.3. The maximum absolute atomic E-state index is 9.45. The molecular formula is C17H18O3. The summed E-state index contributed by atoms with van der Waals surface area (Å²) >= 11 is 0. The standard InChI is InChI=1S/C17H18O3/c18-14-8-9-17-13(11-14)12-16(20-17)7-4-10-19-15-5-2-1-3-6-15/h1-3,5-6,8-9,11,16,18H,4,7,10,12H2. The van der Waals surface area contributed by atoms with Crippen LogP contribution in [0.25, 0.3) is 0 Å². The molecule has 20 heavy (non-hydrogen) atoms. The van der Waals surface area contributed by atoms with Crippen molar-refractivity contribution < 1.29 is 14.6 Å². The van der Waals surface area contributed by atoms with Gasteiger partial charge < -0.3 is 14.6 Å². The lowest BCUT2D eigenvalue weighted by Gasteiger charge is -2.11. The molecule has 0 aliphatic carbocycles. The van der Waals surface area contributed by atoms with Crippen LogP contribution >= 0.6 is 0 Å². The average Bonchev–Trinajstić information content (AvgIpc) is 2.86. The van der Waals surface area contributed by atoms with E-state index in [1.165, 1.54) is 0 Å². The second-order valence-corrected chi connectivity index (χ2v) is 5.04. The van der Waals surface area contributed by atoms with E-state index in [4.69, 9.17) is 9.47 Å². The van der Waals surface area contributed by atoms with Crippen molar-refractivity contribution in [3.63, 3.8) is 0 Å². The van der Waals surface area contributed by atoms with Gasteiger partial charge in [0.05, 0.1) is 6.61 Å². The summed E-state index contributed by atoms with van der Waals surface area (Å²) in [5.74, 6) is 2.12. The third-order valence-electron chi connectivity index (χ3n) is 3.47. The number of benzene rings is 2. The molecule has 104 valence electrons. The molecule has 0 fully saturated rings. The van der Waals surface area contributed by atoms with E-state index in [0.717, 1.165) is 36.3 Å². The Bertz CT molecular complexity index is 566. The molecule has 1 aliphatic rings. The predicted octanol–water partition coefficient (Wildman–Crippen LogP) is 3.55. The van der Waals surface area contributed by atoms with Crippen LogP contribution in [0, 0.1) is 0 Å². The van der Waals surface area contributed by atoms with Gasteiger partial charge in [0, 0.05) is 12.0 Å². The van der Waals surface area contributed by atoms with Crippen LogP contribution in [0.4, 0.5) is 0 Å². The van der Waals surface area contributed by atoms with Gasteiger partial charge in [0.2, 0.25) is 0 Å². The second-order valence-electron chi connectivity index (χ2n) is 5.04. The molecule has 1 heterocycles. The third kappa shape index (κ3) is 3.05. The normalized spacial score (nSPS) is 16.5. The number of hydrogen-bond acceptors (Lipinski definition) is 3. The molecule has 0 aromatic heterocycles. The number of para-hydroxylation sites is 1. The maximum atomic E-state index is 9.45. The SMILES string of the molecule is Oc1ccc2c(c1)CC(CCCOc1ccccc1)O2. The Morgan fingerprint density at radius 1 is 1.15 bits per heavy atom. The van der Waals surface area contributed by atoms with Crippen LogP contribution < -0.4 is 9.47 Å². The number of aromatic hydroxyl groups is 1. The van der Waals surface area contributed by atoms with E-state index in [9.17, 15) is 5.11 Å². The summed E-state index contributed by atoms with van der Waals surface area (Å²) in [5.41, 5.74) is 1.10. The highest BCUT2D eigenvalue weighted by Crippen LogP contribution is 2.32. The molecule has 0 radical (unpaired) electrons.